The van der Waals surface area contributed by atoms with Crippen LogP contribution < -0.4 is 10.6 Å². The molecule has 0 amide bonds. The first-order valence-corrected chi connectivity index (χ1v) is 8.20. The van der Waals surface area contributed by atoms with Gasteiger partial charge >= 0.3 is 0 Å². The predicted molar refractivity (Wildman–Crippen MR) is 91.8 cm³/mol. The molecule has 0 radical (unpaired) electrons. The zero-order valence-electron chi connectivity index (χ0n) is 14.1. The zero-order chi connectivity index (χ0) is 16.9. The summed E-state index contributed by atoms with van der Waals surface area (Å²) < 4.78 is 5.23. The van der Waals surface area contributed by atoms with E-state index in [0.717, 1.165) is 55.6 Å². The number of nitrogens with zero attached hydrogens (tertiary/aromatic N) is 6. The van der Waals surface area contributed by atoms with Crippen LogP contribution in [0.2, 0.25) is 0 Å². The Bertz CT molecular complexity index is 690. The van der Waals surface area contributed by atoms with Crippen molar-refractivity contribution in [3.63, 3.8) is 0 Å². The number of aromatic nitrogens is 3. The molecular formula is C16H23N7O. The van der Waals surface area contributed by atoms with Gasteiger partial charge in [0.25, 0.3) is 0 Å². The monoisotopic (exact) mass is 329 g/mol. The lowest BCUT2D eigenvalue weighted by Crippen LogP contribution is -2.51. The SMILES string of the molecule is CCc1noc(C)c1CN=C(N)N1CCN(c2ncccn2)CC1. The van der Waals surface area contributed by atoms with E-state index in [2.05, 4.69) is 36.8 Å². The average molecular weight is 329 g/mol. The van der Waals surface area contributed by atoms with Crippen molar-refractivity contribution in [3.05, 3.63) is 35.5 Å². The molecule has 3 rings (SSSR count). The summed E-state index contributed by atoms with van der Waals surface area (Å²) in [4.78, 5) is 17.4. The van der Waals surface area contributed by atoms with Crippen LogP contribution in [0.1, 0.15) is 23.9 Å². The van der Waals surface area contributed by atoms with E-state index < -0.39 is 0 Å². The van der Waals surface area contributed by atoms with Gasteiger partial charge in [0.15, 0.2) is 5.96 Å². The number of piperazine rings is 1. The fourth-order valence-electron chi connectivity index (χ4n) is 2.77. The van der Waals surface area contributed by atoms with Crippen molar-refractivity contribution < 1.29 is 4.52 Å². The van der Waals surface area contributed by atoms with E-state index in [1.54, 1.807) is 12.4 Å². The van der Waals surface area contributed by atoms with E-state index in [0.29, 0.717) is 12.5 Å². The van der Waals surface area contributed by atoms with Crippen molar-refractivity contribution in [2.45, 2.75) is 26.8 Å². The lowest BCUT2D eigenvalue weighted by Gasteiger charge is -2.35. The van der Waals surface area contributed by atoms with Crippen LogP contribution in [0.4, 0.5) is 5.95 Å². The second kappa shape index (κ2) is 7.29. The Labute approximate surface area is 141 Å². The second-order valence-electron chi connectivity index (χ2n) is 5.71. The number of aliphatic imine (C=N–C) groups is 1. The lowest BCUT2D eigenvalue weighted by atomic mass is 10.1. The molecule has 0 bridgehead atoms. The Morgan fingerprint density at radius 2 is 1.96 bits per heavy atom. The van der Waals surface area contributed by atoms with Gasteiger partial charge in [0.05, 0.1) is 12.2 Å². The summed E-state index contributed by atoms with van der Waals surface area (Å²) >= 11 is 0. The van der Waals surface area contributed by atoms with Gasteiger partial charge < -0.3 is 20.1 Å². The molecule has 0 unspecified atom stereocenters. The molecule has 3 heterocycles. The van der Waals surface area contributed by atoms with E-state index >= 15 is 0 Å². The summed E-state index contributed by atoms with van der Waals surface area (Å²) in [5, 5.41) is 4.05. The smallest absolute Gasteiger partial charge is 0.225 e. The fraction of sp³-hybridized carbons (Fsp3) is 0.500. The van der Waals surface area contributed by atoms with Crippen LogP contribution in [-0.4, -0.2) is 52.2 Å². The molecule has 24 heavy (non-hydrogen) atoms. The van der Waals surface area contributed by atoms with Crippen LogP contribution in [-0.2, 0) is 13.0 Å². The zero-order valence-corrected chi connectivity index (χ0v) is 14.1. The quantitative estimate of drug-likeness (QED) is 0.659. The van der Waals surface area contributed by atoms with Gasteiger partial charge in [-0.05, 0) is 19.4 Å². The number of hydrogen-bond acceptors (Lipinski definition) is 6. The summed E-state index contributed by atoms with van der Waals surface area (Å²) in [7, 11) is 0. The number of rotatable bonds is 4. The van der Waals surface area contributed by atoms with E-state index in [4.69, 9.17) is 10.3 Å². The minimum absolute atomic E-state index is 0.506. The topological polar surface area (TPSA) is 96.7 Å². The second-order valence-corrected chi connectivity index (χ2v) is 5.71. The Morgan fingerprint density at radius 3 is 2.62 bits per heavy atom. The third kappa shape index (κ3) is 3.47. The molecule has 1 aliphatic heterocycles. The van der Waals surface area contributed by atoms with Crippen molar-refractivity contribution in [2.75, 3.05) is 31.1 Å². The Kier molecular flexibility index (Phi) is 4.93. The molecule has 8 heteroatoms. The van der Waals surface area contributed by atoms with Gasteiger partial charge in [-0.2, -0.15) is 0 Å². The summed E-state index contributed by atoms with van der Waals surface area (Å²) in [6, 6.07) is 1.82. The van der Waals surface area contributed by atoms with Crippen molar-refractivity contribution in [1.29, 1.82) is 0 Å². The van der Waals surface area contributed by atoms with Crippen LogP contribution in [0.15, 0.2) is 28.0 Å². The largest absolute Gasteiger partial charge is 0.370 e. The van der Waals surface area contributed by atoms with Crippen molar-refractivity contribution in [3.8, 4) is 0 Å². The molecule has 1 fully saturated rings. The van der Waals surface area contributed by atoms with Crippen molar-refractivity contribution in [1.82, 2.24) is 20.0 Å². The molecule has 1 saturated heterocycles. The summed E-state index contributed by atoms with van der Waals surface area (Å²) in [6.45, 7) is 7.73. The number of guanidine groups is 1. The van der Waals surface area contributed by atoms with Gasteiger partial charge in [0, 0.05) is 44.1 Å². The Balaban J connectivity index is 1.58. The molecule has 8 nitrogen and oxygen atoms in total. The van der Waals surface area contributed by atoms with Crippen LogP contribution in [0.25, 0.3) is 0 Å². The number of hydrogen-bond donors (Lipinski definition) is 1. The molecule has 0 aliphatic carbocycles. The summed E-state index contributed by atoms with van der Waals surface area (Å²) in [6.07, 6.45) is 4.35. The Hall–Kier alpha value is -2.64. The first-order chi connectivity index (χ1) is 11.7. The minimum atomic E-state index is 0.506. The average Bonchev–Trinajstić information content (AvgIpc) is 3.00. The van der Waals surface area contributed by atoms with Gasteiger partial charge in [-0.1, -0.05) is 12.1 Å². The van der Waals surface area contributed by atoms with Gasteiger partial charge in [0.2, 0.25) is 5.95 Å². The van der Waals surface area contributed by atoms with E-state index in [1.807, 2.05) is 13.0 Å². The minimum Gasteiger partial charge on any atom is -0.370 e. The summed E-state index contributed by atoms with van der Waals surface area (Å²) in [5.74, 6) is 2.14. The van der Waals surface area contributed by atoms with E-state index in [-0.39, 0.29) is 0 Å². The van der Waals surface area contributed by atoms with Crippen LogP contribution in [0, 0.1) is 6.92 Å². The van der Waals surface area contributed by atoms with E-state index in [1.165, 1.54) is 0 Å². The van der Waals surface area contributed by atoms with Crippen LogP contribution >= 0.6 is 0 Å². The molecule has 2 N–H and O–H groups in total. The molecule has 128 valence electrons. The first kappa shape index (κ1) is 16.2. The standard InChI is InChI=1S/C16H23N7O/c1-3-14-13(12(2)24-21-14)11-20-15(17)22-7-9-23(10-8-22)16-18-5-4-6-19-16/h4-6H,3,7-11H2,1-2H3,(H2,17,20). The van der Waals surface area contributed by atoms with Crippen LogP contribution in [0.3, 0.4) is 0 Å². The maximum absolute atomic E-state index is 6.17. The molecule has 0 spiro atoms. The lowest BCUT2D eigenvalue weighted by molar-refractivity contribution is 0.378. The van der Waals surface area contributed by atoms with Crippen LogP contribution in [0.5, 0.6) is 0 Å². The van der Waals surface area contributed by atoms with Crippen molar-refractivity contribution in [2.24, 2.45) is 10.7 Å². The third-order valence-corrected chi connectivity index (χ3v) is 4.24. The van der Waals surface area contributed by atoms with Gasteiger partial charge in [-0.15, -0.1) is 0 Å². The highest BCUT2D eigenvalue weighted by molar-refractivity contribution is 5.78. The normalized spacial score (nSPS) is 15.8. The predicted octanol–water partition coefficient (Wildman–Crippen LogP) is 0.972. The highest BCUT2D eigenvalue weighted by Crippen LogP contribution is 2.15. The third-order valence-electron chi connectivity index (χ3n) is 4.24. The number of anilines is 1. The van der Waals surface area contributed by atoms with Gasteiger partial charge in [-0.25, -0.2) is 15.0 Å². The first-order valence-electron chi connectivity index (χ1n) is 8.20. The van der Waals surface area contributed by atoms with Gasteiger partial charge in [-0.3, -0.25) is 0 Å². The number of nitrogens with two attached hydrogens (primary N) is 1. The maximum atomic E-state index is 6.17. The van der Waals surface area contributed by atoms with Crippen molar-refractivity contribution >= 4 is 11.9 Å². The van der Waals surface area contributed by atoms with Gasteiger partial charge in [0.1, 0.15) is 5.76 Å². The van der Waals surface area contributed by atoms with E-state index in [9.17, 15) is 0 Å². The summed E-state index contributed by atoms with van der Waals surface area (Å²) in [5.41, 5.74) is 8.16. The molecule has 2 aromatic rings. The Morgan fingerprint density at radius 1 is 1.25 bits per heavy atom. The molecule has 2 aromatic heterocycles. The molecule has 0 aromatic carbocycles. The molecule has 1 aliphatic rings. The molecule has 0 saturated carbocycles. The highest BCUT2D eigenvalue weighted by atomic mass is 16.5. The maximum Gasteiger partial charge on any atom is 0.225 e. The molecular weight excluding hydrogens is 306 g/mol. The molecule has 0 atom stereocenters. The highest BCUT2D eigenvalue weighted by Gasteiger charge is 2.20. The number of aryl methyl sites for hydroxylation is 2. The fourth-order valence-corrected chi connectivity index (χ4v) is 2.77.